The van der Waals surface area contributed by atoms with E-state index in [9.17, 15) is 9.59 Å². The normalized spacial score (nSPS) is 21.0. The predicted octanol–water partition coefficient (Wildman–Crippen LogP) is 1.64. The summed E-state index contributed by atoms with van der Waals surface area (Å²) in [6.07, 6.45) is 8.79. The van der Waals surface area contributed by atoms with Gasteiger partial charge in [0.25, 0.3) is 5.91 Å². The van der Waals surface area contributed by atoms with E-state index in [1.54, 1.807) is 6.33 Å². The van der Waals surface area contributed by atoms with E-state index in [0.717, 1.165) is 37.8 Å². The maximum absolute atomic E-state index is 12.4. The lowest BCUT2D eigenvalue weighted by Crippen LogP contribution is -2.40. The molecule has 3 rings (SSSR count). The van der Waals surface area contributed by atoms with Crippen molar-refractivity contribution in [2.45, 2.75) is 64.5 Å². The minimum absolute atomic E-state index is 0.0103. The molecule has 1 fully saturated rings. The number of imidazole rings is 1. The van der Waals surface area contributed by atoms with Gasteiger partial charge in [-0.05, 0) is 32.1 Å². The Balaban J connectivity index is 1.61. The van der Waals surface area contributed by atoms with Crippen LogP contribution in [0.1, 0.15) is 61.6 Å². The average Bonchev–Trinajstić information content (AvgIpc) is 3.21. The number of hydrogen-bond acceptors (Lipinski definition) is 3. The summed E-state index contributed by atoms with van der Waals surface area (Å²) in [5, 5.41) is 6.06. The standard InChI is InChI=1S/C17H26N4O2/c1-2-9-18-17(23)15-14-8-7-12(10-21(14)11-19-15)16(22)20-13-5-3-4-6-13/h11-13H,2-10H2,1H3,(H,18,23)(H,20,22). The van der Waals surface area contributed by atoms with Crippen LogP contribution in [0.2, 0.25) is 0 Å². The Kier molecular flexibility index (Phi) is 4.98. The number of rotatable bonds is 5. The highest BCUT2D eigenvalue weighted by Gasteiger charge is 2.30. The van der Waals surface area contributed by atoms with Crippen LogP contribution in [0, 0.1) is 5.92 Å². The van der Waals surface area contributed by atoms with Crippen LogP contribution >= 0.6 is 0 Å². The minimum atomic E-state index is -0.102. The van der Waals surface area contributed by atoms with Gasteiger partial charge in [-0.15, -0.1) is 0 Å². The predicted molar refractivity (Wildman–Crippen MR) is 87.1 cm³/mol. The van der Waals surface area contributed by atoms with E-state index in [2.05, 4.69) is 15.6 Å². The first-order chi connectivity index (χ1) is 11.2. The Hall–Kier alpha value is -1.85. The van der Waals surface area contributed by atoms with Gasteiger partial charge in [0.1, 0.15) is 5.69 Å². The van der Waals surface area contributed by atoms with Crippen LogP contribution in [0.25, 0.3) is 0 Å². The lowest BCUT2D eigenvalue weighted by molar-refractivity contribution is -0.126. The van der Waals surface area contributed by atoms with E-state index < -0.39 is 0 Å². The third kappa shape index (κ3) is 3.57. The van der Waals surface area contributed by atoms with Crippen molar-refractivity contribution in [2.75, 3.05) is 6.54 Å². The van der Waals surface area contributed by atoms with E-state index in [0.29, 0.717) is 24.8 Å². The summed E-state index contributed by atoms with van der Waals surface area (Å²) in [6, 6.07) is 0.363. The lowest BCUT2D eigenvalue weighted by atomic mass is 9.95. The highest BCUT2D eigenvalue weighted by atomic mass is 16.2. The average molecular weight is 318 g/mol. The van der Waals surface area contributed by atoms with Crippen molar-refractivity contribution < 1.29 is 9.59 Å². The molecule has 0 radical (unpaired) electrons. The van der Waals surface area contributed by atoms with Gasteiger partial charge in [-0.2, -0.15) is 0 Å². The molecule has 23 heavy (non-hydrogen) atoms. The first-order valence-corrected chi connectivity index (χ1v) is 8.81. The first-order valence-electron chi connectivity index (χ1n) is 8.81. The Morgan fingerprint density at radius 2 is 2.09 bits per heavy atom. The number of carbonyl (C=O) groups excluding carboxylic acids is 2. The van der Waals surface area contributed by atoms with Crippen molar-refractivity contribution >= 4 is 11.8 Å². The number of aromatic nitrogens is 2. The third-order valence-electron chi connectivity index (χ3n) is 4.92. The van der Waals surface area contributed by atoms with Gasteiger partial charge < -0.3 is 15.2 Å². The molecule has 2 amide bonds. The fraction of sp³-hybridized carbons (Fsp3) is 0.706. The van der Waals surface area contributed by atoms with Crippen molar-refractivity contribution in [3.05, 3.63) is 17.7 Å². The lowest BCUT2D eigenvalue weighted by Gasteiger charge is -2.25. The number of nitrogens with zero attached hydrogens (tertiary/aromatic N) is 2. The molecule has 1 aliphatic carbocycles. The number of nitrogens with one attached hydrogen (secondary N) is 2. The molecule has 0 spiro atoms. The van der Waals surface area contributed by atoms with Gasteiger partial charge in [0.05, 0.1) is 17.9 Å². The van der Waals surface area contributed by atoms with Crippen LogP contribution in [-0.2, 0) is 17.8 Å². The molecule has 2 aliphatic rings. The fourth-order valence-electron chi connectivity index (χ4n) is 3.58. The molecule has 1 aromatic rings. The largest absolute Gasteiger partial charge is 0.353 e. The maximum Gasteiger partial charge on any atom is 0.271 e. The molecule has 6 nitrogen and oxygen atoms in total. The van der Waals surface area contributed by atoms with Crippen LogP contribution in [0.5, 0.6) is 0 Å². The summed E-state index contributed by atoms with van der Waals surface area (Å²) >= 11 is 0. The Morgan fingerprint density at radius 3 is 2.83 bits per heavy atom. The summed E-state index contributed by atoms with van der Waals surface area (Å²) in [6.45, 7) is 3.32. The fourth-order valence-corrected chi connectivity index (χ4v) is 3.58. The zero-order chi connectivity index (χ0) is 16.2. The molecule has 2 heterocycles. The van der Waals surface area contributed by atoms with Crippen molar-refractivity contribution in [3.63, 3.8) is 0 Å². The van der Waals surface area contributed by atoms with Gasteiger partial charge in [-0.25, -0.2) is 4.98 Å². The Morgan fingerprint density at radius 1 is 1.30 bits per heavy atom. The van der Waals surface area contributed by atoms with Crippen molar-refractivity contribution in [2.24, 2.45) is 5.92 Å². The van der Waals surface area contributed by atoms with Gasteiger partial charge in [0.15, 0.2) is 0 Å². The molecular weight excluding hydrogens is 292 g/mol. The van der Waals surface area contributed by atoms with Crippen molar-refractivity contribution in [3.8, 4) is 0 Å². The van der Waals surface area contributed by atoms with E-state index >= 15 is 0 Å². The SMILES string of the molecule is CCCNC(=O)c1ncn2c1CCC(C(=O)NC1CCCC1)C2. The molecule has 0 aromatic carbocycles. The molecule has 1 unspecified atom stereocenters. The first kappa shape index (κ1) is 16.0. The zero-order valence-corrected chi connectivity index (χ0v) is 13.8. The zero-order valence-electron chi connectivity index (χ0n) is 13.8. The van der Waals surface area contributed by atoms with Crippen LogP contribution < -0.4 is 10.6 Å². The van der Waals surface area contributed by atoms with Gasteiger partial charge in [0, 0.05) is 19.1 Å². The number of carbonyl (C=O) groups is 2. The summed E-state index contributed by atoms with van der Waals surface area (Å²) in [5.74, 6) is 0.0477. The molecule has 1 aliphatic heterocycles. The number of hydrogen-bond donors (Lipinski definition) is 2. The van der Waals surface area contributed by atoms with E-state index in [4.69, 9.17) is 0 Å². The highest BCUT2D eigenvalue weighted by Crippen LogP contribution is 2.24. The van der Waals surface area contributed by atoms with Gasteiger partial charge in [-0.1, -0.05) is 19.8 Å². The summed E-state index contributed by atoms with van der Waals surface area (Å²) in [7, 11) is 0. The quantitative estimate of drug-likeness (QED) is 0.866. The number of amides is 2. The van der Waals surface area contributed by atoms with Crippen LogP contribution in [0.15, 0.2) is 6.33 Å². The maximum atomic E-state index is 12.4. The Bertz CT molecular complexity index is 575. The second kappa shape index (κ2) is 7.15. The van der Waals surface area contributed by atoms with Crippen LogP contribution in [0.3, 0.4) is 0 Å². The molecule has 0 saturated heterocycles. The monoisotopic (exact) mass is 318 g/mol. The van der Waals surface area contributed by atoms with Gasteiger partial charge in [0.2, 0.25) is 5.91 Å². The molecule has 6 heteroatoms. The van der Waals surface area contributed by atoms with Crippen LogP contribution in [-0.4, -0.2) is 34.0 Å². The second-order valence-corrected chi connectivity index (χ2v) is 6.67. The molecule has 1 saturated carbocycles. The third-order valence-corrected chi connectivity index (χ3v) is 4.92. The molecular formula is C17H26N4O2. The second-order valence-electron chi connectivity index (χ2n) is 6.67. The van der Waals surface area contributed by atoms with Crippen molar-refractivity contribution in [1.82, 2.24) is 20.2 Å². The minimum Gasteiger partial charge on any atom is -0.353 e. The summed E-state index contributed by atoms with van der Waals surface area (Å²) in [4.78, 5) is 28.8. The molecule has 126 valence electrons. The highest BCUT2D eigenvalue weighted by molar-refractivity contribution is 5.93. The van der Waals surface area contributed by atoms with E-state index in [-0.39, 0.29) is 17.7 Å². The smallest absolute Gasteiger partial charge is 0.271 e. The summed E-state index contributed by atoms with van der Waals surface area (Å²) in [5.41, 5.74) is 1.48. The van der Waals surface area contributed by atoms with Gasteiger partial charge >= 0.3 is 0 Å². The number of fused-ring (bicyclic) bond motifs is 1. The molecule has 1 aromatic heterocycles. The Labute approximate surface area is 137 Å². The van der Waals surface area contributed by atoms with Crippen LogP contribution in [0.4, 0.5) is 0 Å². The van der Waals surface area contributed by atoms with E-state index in [1.165, 1.54) is 12.8 Å². The summed E-state index contributed by atoms with van der Waals surface area (Å²) < 4.78 is 1.98. The van der Waals surface area contributed by atoms with Gasteiger partial charge in [-0.3, -0.25) is 9.59 Å². The van der Waals surface area contributed by atoms with Crippen molar-refractivity contribution in [1.29, 1.82) is 0 Å². The molecule has 2 N–H and O–H groups in total. The van der Waals surface area contributed by atoms with E-state index in [1.807, 2.05) is 11.5 Å². The molecule has 1 atom stereocenters. The molecule has 0 bridgehead atoms. The topological polar surface area (TPSA) is 76.0 Å².